The van der Waals surface area contributed by atoms with Crippen molar-refractivity contribution < 1.29 is 0 Å². The molecule has 19 heavy (non-hydrogen) atoms. The summed E-state index contributed by atoms with van der Waals surface area (Å²) in [6, 6.07) is 9.78. The molecule has 4 heteroatoms. The molecule has 0 bridgehead atoms. The van der Waals surface area contributed by atoms with E-state index in [9.17, 15) is 0 Å². The molecule has 1 unspecified atom stereocenters. The minimum atomic E-state index is 0.113. The molecule has 4 nitrogen and oxygen atoms in total. The van der Waals surface area contributed by atoms with Crippen LogP contribution in [0.25, 0.3) is 0 Å². The van der Waals surface area contributed by atoms with Crippen molar-refractivity contribution in [3.63, 3.8) is 0 Å². The number of benzene rings is 1. The van der Waals surface area contributed by atoms with E-state index in [1.54, 1.807) is 6.20 Å². The summed E-state index contributed by atoms with van der Waals surface area (Å²) >= 11 is 0. The maximum Gasteiger partial charge on any atom is 0.148 e. The van der Waals surface area contributed by atoms with Crippen molar-refractivity contribution in [2.24, 2.45) is 0 Å². The standard InChI is InChI=1S/C15H16N4/c1-10-9-17-12(3)15(18-10)19-11(2)14-6-4-13(8-16)5-7-14/h4-7,9,11H,1-3H3,(H,18,19). The SMILES string of the molecule is Cc1cnc(C)c(NC(C)c2ccc(C#N)cc2)n1. The normalized spacial score (nSPS) is 11.7. The van der Waals surface area contributed by atoms with Crippen molar-refractivity contribution in [2.45, 2.75) is 26.8 Å². The Morgan fingerprint density at radius 1 is 1.21 bits per heavy atom. The molecule has 1 aromatic heterocycles. The highest BCUT2D eigenvalue weighted by Crippen LogP contribution is 2.19. The molecule has 1 atom stereocenters. The van der Waals surface area contributed by atoms with E-state index in [4.69, 9.17) is 5.26 Å². The molecule has 0 aliphatic rings. The van der Waals surface area contributed by atoms with Gasteiger partial charge in [0.25, 0.3) is 0 Å². The lowest BCUT2D eigenvalue weighted by atomic mass is 10.1. The molecule has 2 rings (SSSR count). The first-order valence-corrected chi connectivity index (χ1v) is 6.17. The van der Waals surface area contributed by atoms with Crippen LogP contribution in [-0.2, 0) is 0 Å². The van der Waals surface area contributed by atoms with Gasteiger partial charge in [-0.25, -0.2) is 4.98 Å². The van der Waals surface area contributed by atoms with Crippen LogP contribution < -0.4 is 5.32 Å². The molecule has 0 amide bonds. The van der Waals surface area contributed by atoms with Gasteiger partial charge in [0.2, 0.25) is 0 Å². The highest BCUT2D eigenvalue weighted by Gasteiger charge is 2.08. The Morgan fingerprint density at radius 3 is 2.53 bits per heavy atom. The highest BCUT2D eigenvalue weighted by atomic mass is 15.0. The quantitative estimate of drug-likeness (QED) is 0.911. The van der Waals surface area contributed by atoms with E-state index in [1.165, 1.54) is 0 Å². The fourth-order valence-corrected chi connectivity index (χ4v) is 1.81. The summed E-state index contributed by atoms with van der Waals surface area (Å²) in [5.41, 5.74) is 3.55. The van der Waals surface area contributed by atoms with Gasteiger partial charge in [-0.1, -0.05) is 12.1 Å². The van der Waals surface area contributed by atoms with Gasteiger partial charge >= 0.3 is 0 Å². The van der Waals surface area contributed by atoms with E-state index in [0.717, 1.165) is 22.8 Å². The van der Waals surface area contributed by atoms with Gasteiger partial charge < -0.3 is 5.32 Å². The van der Waals surface area contributed by atoms with E-state index in [-0.39, 0.29) is 6.04 Å². The third kappa shape index (κ3) is 3.08. The van der Waals surface area contributed by atoms with Crippen molar-refractivity contribution in [3.05, 3.63) is 53.0 Å². The van der Waals surface area contributed by atoms with Gasteiger partial charge in [0.05, 0.1) is 29.1 Å². The smallest absolute Gasteiger partial charge is 0.148 e. The van der Waals surface area contributed by atoms with Gasteiger partial charge in [-0.3, -0.25) is 4.98 Å². The average Bonchev–Trinajstić information content (AvgIpc) is 2.43. The molecular formula is C15H16N4. The summed E-state index contributed by atoms with van der Waals surface area (Å²) in [5, 5.41) is 12.1. The maximum atomic E-state index is 8.79. The van der Waals surface area contributed by atoms with Crippen LogP contribution in [0.2, 0.25) is 0 Å². The Bertz CT molecular complexity index is 611. The Hall–Kier alpha value is -2.41. The van der Waals surface area contributed by atoms with Crippen LogP contribution in [0, 0.1) is 25.2 Å². The van der Waals surface area contributed by atoms with Crippen LogP contribution >= 0.6 is 0 Å². The van der Waals surface area contributed by atoms with Gasteiger partial charge in [-0.15, -0.1) is 0 Å². The van der Waals surface area contributed by atoms with E-state index in [0.29, 0.717) is 5.56 Å². The van der Waals surface area contributed by atoms with E-state index < -0.39 is 0 Å². The highest BCUT2D eigenvalue weighted by molar-refractivity contribution is 5.43. The molecule has 1 aromatic carbocycles. The van der Waals surface area contributed by atoms with Crippen LogP contribution in [0.4, 0.5) is 5.82 Å². The third-order valence-electron chi connectivity index (χ3n) is 2.97. The lowest BCUT2D eigenvalue weighted by Gasteiger charge is -2.16. The van der Waals surface area contributed by atoms with Crippen molar-refractivity contribution in [3.8, 4) is 6.07 Å². The topological polar surface area (TPSA) is 61.6 Å². The molecule has 0 saturated heterocycles. The van der Waals surface area contributed by atoms with Gasteiger partial charge in [-0.05, 0) is 38.5 Å². The Balaban J connectivity index is 2.18. The number of nitrogens with one attached hydrogen (secondary N) is 1. The zero-order valence-electron chi connectivity index (χ0n) is 11.3. The summed E-state index contributed by atoms with van der Waals surface area (Å²) in [6.45, 7) is 5.91. The van der Waals surface area contributed by atoms with Crippen LogP contribution in [-0.4, -0.2) is 9.97 Å². The first-order chi connectivity index (χ1) is 9.10. The second-order valence-electron chi connectivity index (χ2n) is 4.55. The third-order valence-corrected chi connectivity index (χ3v) is 2.97. The number of aromatic nitrogens is 2. The van der Waals surface area contributed by atoms with Gasteiger partial charge in [0, 0.05) is 6.20 Å². The molecule has 0 aliphatic carbocycles. The summed E-state index contributed by atoms with van der Waals surface area (Å²) in [6.07, 6.45) is 1.76. The van der Waals surface area contributed by atoms with Gasteiger partial charge in [-0.2, -0.15) is 5.26 Å². The summed E-state index contributed by atoms with van der Waals surface area (Å²) in [4.78, 5) is 8.73. The second-order valence-corrected chi connectivity index (χ2v) is 4.55. The Kier molecular flexibility index (Phi) is 3.76. The van der Waals surface area contributed by atoms with Gasteiger partial charge in [0.15, 0.2) is 0 Å². The van der Waals surface area contributed by atoms with Crippen molar-refractivity contribution in [1.29, 1.82) is 5.26 Å². The number of anilines is 1. The lowest BCUT2D eigenvalue weighted by molar-refractivity contribution is 0.862. The van der Waals surface area contributed by atoms with Crippen LogP contribution in [0.1, 0.15) is 35.5 Å². The first kappa shape index (κ1) is 13.0. The maximum absolute atomic E-state index is 8.79. The zero-order chi connectivity index (χ0) is 13.8. The van der Waals surface area contributed by atoms with E-state index >= 15 is 0 Å². The fourth-order valence-electron chi connectivity index (χ4n) is 1.81. The number of hydrogen-bond acceptors (Lipinski definition) is 4. The summed E-state index contributed by atoms with van der Waals surface area (Å²) in [7, 11) is 0. The van der Waals surface area contributed by atoms with E-state index in [2.05, 4.69) is 28.3 Å². The monoisotopic (exact) mass is 252 g/mol. The minimum absolute atomic E-state index is 0.113. The molecule has 0 aliphatic heterocycles. The number of nitriles is 1. The molecule has 1 heterocycles. The number of hydrogen-bond donors (Lipinski definition) is 1. The Morgan fingerprint density at radius 2 is 1.89 bits per heavy atom. The molecule has 0 radical (unpaired) electrons. The fraction of sp³-hybridized carbons (Fsp3) is 0.267. The zero-order valence-corrected chi connectivity index (χ0v) is 11.3. The van der Waals surface area contributed by atoms with Crippen LogP contribution in [0.3, 0.4) is 0 Å². The van der Waals surface area contributed by atoms with E-state index in [1.807, 2.05) is 38.1 Å². The van der Waals surface area contributed by atoms with Crippen molar-refractivity contribution >= 4 is 5.82 Å². The van der Waals surface area contributed by atoms with Crippen molar-refractivity contribution in [1.82, 2.24) is 9.97 Å². The minimum Gasteiger partial charge on any atom is -0.362 e. The van der Waals surface area contributed by atoms with Crippen LogP contribution in [0.5, 0.6) is 0 Å². The predicted octanol–water partition coefficient (Wildman–Crippen LogP) is 3.14. The number of nitrogens with zero attached hydrogens (tertiary/aromatic N) is 3. The molecule has 0 spiro atoms. The lowest BCUT2D eigenvalue weighted by Crippen LogP contribution is -2.10. The molecule has 2 aromatic rings. The number of aryl methyl sites for hydroxylation is 2. The molecular weight excluding hydrogens is 236 g/mol. The number of rotatable bonds is 3. The Labute approximate surface area is 113 Å². The largest absolute Gasteiger partial charge is 0.362 e. The van der Waals surface area contributed by atoms with Crippen molar-refractivity contribution in [2.75, 3.05) is 5.32 Å². The van der Waals surface area contributed by atoms with Crippen LogP contribution in [0.15, 0.2) is 30.5 Å². The molecule has 96 valence electrons. The summed E-state index contributed by atoms with van der Waals surface area (Å²) < 4.78 is 0. The molecule has 1 N–H and O–H groups in total. The van der Waals surface area contributed by atoms with Gasteiger partial charge in [0.1, 0.15) is 5.82 Å². The second kappa shape index (κ2) is 5.49. The molecule has 0 saturated carbocycles. The predicted molar refractivity (Wildman–Crippen MR) is 74.7 cm³/mol. The molecule has 0 fully saturated rings. The average molecular weight is 252 g/mol. The first-order valence-electron chi connectivity index (χ1n) is 6.17. The summed E-state index contributed by atoms with van der Waals surface area (Å²) in [5.74, 6) is 0.803.